The van der Waals surface area contributed by atoms with E-state index in [9.17, 15) is 14.9 Å². The van der Waals surface area contributed by atoms with Crippen LogP contribution in [0.15, 0.2) is 71.7 Å². The van der Waals surface area contributed by atoms with Crippen molar-refractivity contribution in [3.8, 4) is 11.8 Å². The molecule has 3 heterocycles. The number of anilines is 2. The number of hydrogen-bond donors (Lipinski definition) is 4. The first-order valence-corrected chi connectivity index (χ1v) is 16.6. The molecular weight excluding hydrogens is 630 g/mol. The van der Waals surface area contributed by atoms with E-state index >= 15 is 0 Å². The van der Waals surface area contributed by atoms with Crippen molar-refractivity contribution in [1.29, 1.82) is 16.1 Å². The minimum atomic E-state index is -0.553. The average Bonchev–Trinajstić information content (AvgIpc) is 3.71. The number of likely N-dealkylation sites (tertiary alicyclic amines) is 1. The number of amides is 2. The molecular formula is C38H41N9O3. The van der Waals surface area contributed by atoms with Crippen molar-refractivity contribution in [2.45, 2.75) is 19.3 Å². The number of carbonyl (C=O) groups is 2. The van der Waals surface area contributed by atoms with Gasteiger partial charge in [-0.2, -0.15) is 5.26 Å². The summed E-state index contributed by atoms with van der Waals surface area (Å²) in [5.41, 5.74) is 11.3. The van der Waals surface area contributed by atoms with Gasteiger partial charge in [-0.3, -0.25) is 25.3 Å². The molecule has 0 radical (unpaired) electrons. The van der Waals surface area contributed by atoms with Gasteiger partial charge in [-0.25, -0.2) is 4.99 Å². The lowest BCUT2D eigenvalue weighted by atomic mass is 9.85. The summed E-state index contributed by atoms with van der Waals surface area (Å²) in [7, 11) is 3.23. The fourth-order valence-corrected chi connectivity index (χ4v) is 7.07. The second-order valence-corrected chi connectivity index (χ2v) is 12.9. The third kappa shape index (κ3) is 6.73. The van der Waals surface area contributed by atoms with Crippen LogP contribution >= 0.6 is 0 Å². The van der Waals surface area contributed by atoms with Gasteiger partial charge in [0.05, 0.1) is 36.7 Å². The van der Waals surface area contributed by atoms with Crippen LogP contribution in [0.1, 0.15) is 47.1 Å². The van der Waals surface area contributed by atoms with Gasteiger partial charge < -0.3 is 25.6 Å². The van der Waals surface area contributed by atoms with Crippen LogP contribution in [0.25, 0.3) is 5.57 Å². The van der Waals surface area contributed by atoms with Crippen molar-refractivity contribution in [1.82, 2.24) is 15.1 Å². The number of nitrogen functional groups attached to an aromatic ring is 1. The average molecular weight is 672 g/mol. The molecule has 0 saturated carbocycles. The van der Waals surface area contributed by atoms with Gasteiger partial charge in [0.15, 0.2) is 5.84 Å². The van der Waals surface area contributed by atoms with Gasteiger partial charge in [0.1, 0.15) is 11.8 Å². The lowest BCUT2D eigenvalue weighted by Crippen LogP contribution is -2.43. The van der Waals surface area contributed by atoms with Gasteiger partial charge in [-0.15, -0.1) is 0 Å². The third-order valence-electron chi connectivity index (χ3n) is 9.94. The number of nitrogens with zero attached hydrogens (tertiary/aromatic N) is 5. The number of ether oxygens (including phenoxy) is 1. The van der Waals surface area contributed by atoms with Crippen LogP contribution in [0.3, 0.4) is 0 Å². The normalized spacial score (nSPS) is 19.1. The molecule has 12 heteroatoms. The van der Waals surface area contributed by atoms with E-state index in [-0.39, 0.29) is 29.9 Å². The summed E-state index contributed by atoms with van der Waals surface area (Å²) in [6.45, 7) is 3.19. The largest absolute Gasteiger partial charge is 0.495 e. The minimum absolute atomic E-state index is 0.0338. The molecule has 3 aromatic carbocycles. The highest BCUT2D eigenvalue weighted by atomic mass is 16.5. The number of aliphatic imine (C=N–C) groups is 1. The number of hydrogen-bond acceptors (Lipinski definition) is 8. The molecule has 2 fully saturated rings. The second-order valence-electron chi connectivity index (χ2n) is 12.9. The summed E-state index contributed by atoms with van der Waals surface area (Å²) in [6, 6.07) is 20.2. The highest BCUT2D eigenvalue weighted by Crippen LogP contribution is 2.43. The molecule has 1 atom stereocenters. The Hall–Kier alpha value is -5.80. The lowest BCUT2D eigenvalue weighted by Gasteiger charge is -2.29. The molecule has 1 spiro atoms. The first-order valence-electron chi connectivity index (χ1n) is 16.6. The summed E-state index contributed by atoms with van der Waals surface area (Å²) in [5, 5.41) is 29.2. The van der Waals surface area contributed by atoms with E-state index in [0.717, 1.165) is 17.5 Å². The summed E-state index contributed by atoms with van der Waals surface area (Å²) < 4.78 is 5.24. The van der Waals surface area contributed by atoms with Gasteiger partial charge >= 0.3 is 0 Å². The summed E-state index contributed by atoms with van der Waals surface area (Å²) >= 11 is 0. The van der Waals surface area contributed by atoms with Crippen LogP contribution < -0.4 is 20.7 Å². The fourth-order valence-electron chi connectivity index (χ4n) is 7.07. The summed E-state index contributed by atoms with van der Waals surface area (Å²) in [6.07, 6.45) is 5.71. The Morgan fingerprint density at radius 3 is 2.54 bits per heavy atom. The molecule has 256 valence electrons. The van der Waals surface area contributed by atoms with Gasteiger partial charge in [-0.05, 0) is 73.3 Å². The highest BCUT2D eigenvalue weighted by molar-refractivity contribution is 6.15. The maximum absolute atomic E-state index is 14.0. The number of nitrogens with two attached hydrogens (primary N) is 1. The Morgan fingerprint density at radius 2 is 1.84 bits per heavy atom. The number of rotatable bonds is 9. The minimum Gasteiger partial charge on any atom is -0.495 e. The van der Waals surface area contributed by atoms with E-state index in [1.165, 1.54) is 19.0 Å². The zero-order valence-corrected chi connectivity index (χ0v) is 28.3. The number of carbonyl (C=O) groups excluding carboxylic acids is 2. The number of benzene rings is 3. The van der Waals surface area contributed by atoms with Crippen LogP contribution in [-0.4, -0.2) is 92.9 Å². The molecule has 0 aliphatic carbocycles. The van der Waals surface area contributed by atoms with E-state index in [2.05, 4.69) is 27.4 Å². The Labute approximate surface area is 291 Å². The van der Waals surface area contributed by atoms with Crippen molar-refractivity contribution in [3.63, 3.8) is 0 Å². The number of methoxy groups -OCH3 is 1. The summed E-state index contributed by atoms with van der Waals surface area (Å²) in [5.74, 6) is 0.715. The Kier molecular flexibility index (Phi) is 9.79. The Balaban J connectivity index is 1.06. The molecule has 2 saturated heterocycles. The van der Waals surface area contributed by atoms with E-state index in [0.29, 0.717) is 79.4 Å². The molecule has 0 bridgehead atoms. The van der Waals surface area contributed by atoms with Crippen molar-refractivity contribution >= 4 is 46.6 Å². The van der Waals surface area contributed by atoms with Gasteiger partial charge in [0, 0.05) is 61.3 Å². The van der Waals surface area contributed by atoms with Crippen LogP contribution in [0, 0.1) is 27.6 Å². The third-order valence-corrected chi connectivity index (χ3v) is 9.94. The van der Waals surface area contributed by atoms with Crippen LogP contribution in [0.2, 0.25) is 0 Å². The smallest absolute Gasteiger partial charge is 0.237 e. The van der Waals surface area contributed by atoms with Crippen LogP contribution in [0.4, 0.5) is 11.4 Å². The van der Waals surface area contributed by atoms with Gasteiger partial charge in [0.25, 0.3) is 0 Å². The van der Waals surface area contributed by atoms with Gasteiger partial charge in [0.2, 0.25) is 11.8 Å². The molecule has 12 nitrogen and oxygen atoms in total. The highest BCUT2D eigenvalue weighted by Gasteiger charge is 2.51. The second kappa shape index (κ2) is 14.4. The molecule has 3 aliphatic heterocycles. The van der Waals surface area contributed by atoms with Crippen LogP contribution in [0.5, 0.6) is 5.75 Å². The van der Waals surface area contributed by atoms with E-state index in [1.54, 1.807) is 42.3 Å². The number of amidine groups is 1. The molecule has 6 rings (SSSR count). The lowest BCUT2D eigenvalue weighted by molar-refractivity contribution is -0.132. The predicted molar refractivity (Wildman–Crippen MR) is 195 cm³/mol. The van der Waals surface area contributed by atoms with Gasteiger partial charge in [-0.1, -0.05) is 30.3 Å². The van der Waals surface area contributed by atoms with Crippen molar-refractivity contribution in [2.75, 3.05) is 64.1 Å². The molecule has 3 aliphatic rings. The standard InChI is InChI=1S/C38H41N9O3/c1-43-24-44-36(42)27-5-3-25(4-6-27)26-11-15-46(16-12-26)34(48)22-45-17-13-38(23-45)14-18-47(37(38)49)30-8-9-32(40)31(20-30)35(41)28-7-10-33(50-2)29(19-28)21-39/h3-11,19-20,24,41H,12-18,22-23,40H2,1-2H3,(H2,42,43,44)/t38-/m0/s1. The van der Waals surface area contributed by atoms with Crippen LogP contribution in [-0.2, 0) is 9.59 Å². The first kappa shape index (κ1) is 34.1. The quantitative estimate of drug-likeness (QED) is 0.152. The molecule has 0 unspecified atom stereocenters. The molecule has 50 heavy (non-hydrogen) atoms. The maximum atomic E-state index is 14.0. The van der Waals surface area contributed by atoms with E-state index in [1.807, 2.05) is 35.2 Å². The molecule has 3 aromatic rings. The van der Waals surface area contributed by atoms with E-state index in [4.69, 9.17) is 21.3 Å². The molecule has 0 aromatic heterocycles. The zero-order valence-electron chi connectivity index (χ0n) is 28.3. The maximum Gasteiger partial charge on any atom is 0.237 e. The number of nitriles is 1. The molecule has 5 N–H and O–H groups in total. The predicted octanol–water partition coefficient (Wildman–Crippen LogP) is 3.88. The topological polar surface area (TPSA) is 175 Å². The fraction of sp³-hybridized carbons (Fsp3) is 0.316. The SMILES string of the molecule is CN/C=N\C(=N)c1ccc(C2=CCN(C(=O)CN3CC[C@]4(CCN(c5ccc(N)c(C(=N)c6ccc(OC)c(C#N)c6)c5)C4=O)C3)CC2)cc1. The Morgan fingerprint density at radius 1 is 1.08 bits per heavy atom. The first-order chi connectivity index (χ1) is 24.2. The zero-order chi connectivity index (χ0) is 35.4. The molecule has 2 amide bonds. The Bertz CT molecular complexity index is 1950. The monoisotopic (exact) mass is 671 g/mol. The van der Waals surface area contributed by atoms with E-state index < -0.39 is 5.41 Å². The summed E-state index contributed by atoms with van der Waals surface area (Å²) in [4.78, 5) is 37.1. The van der Waals surface area contributed by atoms with Crippen molar-refractivity contribution in [2.24, 2.45) is 10.4 Å². The number of nitrogens with one attached hydrogen (secondary N) is 3. The van der Waals surface area contributed by atoms with Crippen molar-refractivity contribution in [3.05, 3.63) is 94.6 Å². The van der Waals surface area contributed by atoms with Crippen molar-refractivity contribution < 1.29 is 14.3 Å².